The lowest BCUT2D eigenvalue weighted by Gasteiger charge is -2.38. The van der Waals surface area contributed by atoms with Gasteiger partial charge in [0.25, 0.3) is 0 Å². The molecule has 0 radical (unpaired) electrons. The first-order chi connectivity index (χ1) is 10.1. The Morgan fingerprint density at radius 3 is 2.55 bits per heavy atom. The quantitative estimate of drug-likeness (QED) is 0.896. The summed E-state index contributed by atoms with van der Waals surface area (Å²) in [5, 5.41) is 10.9. The molecule has 1 fully saturated rings. The molecule has 124 valence electrons. The summed E-state index contributed by atoms with van der Waals surface area (Å²) in [7, 11) is 1.94. The third kappa shape index (κ3) is 4.47. The molecule has 6 nitrogen and oxygen atoms in total. The number of nitrogens with zero attached hydrogens (tertiary/aromatic N) is 2. The minimum atomic E-state index is -0.447. The van der Waals surface area contributed by atoms with Crippen molar-refractivity contribution in [3.05, 3.63) is 17.5 Å². The Morgan fingerprint density at radius 1 is 1.41 bits per heavy atom. The first-order valence-electron chi connectivity index (χ1n) is 7.90. The predicted molar refractivity (Wildman–Crippen MR) is 85.7 cm³/mol. The van der Waals surface area contributed by atoms with Crippen molar-refractivity contribution in [2.75, 3.05) is 0 Å². The van der Waals surface area contributed by atoms with E-state index in [1.54, 1.807) is 0 Å². The van der Waals surface area contributed by atoms with Gasteiger partial charge >= 0.3 is 6.09 Å². The maximum absolute atomic E-state index is 11.7. The lowest BCUT2D eigenvalue weighted by molar-refractivity contribution is 0.0463. The largest absolute Gasteiger partial charge is 0.444 e. The van der Waals surface area contributed by atoms with Crippen LogP contribution in [-0.4, -0.2) is 33.6 Å². The molecule has 1 aliphatic carbocycles. The number of alkyl carbamates (subject to hydrolysis) is 1. The fraction of sp³-hybridized carbons (Fsp3) is 0.750. The number of ether oxygens (including phenoxy) is 1. The van der Waals surface area contributed by atoms with Gasteiger partial charge in [0.05, 0.1) is 5.69 Å². The van der Waals surface area contributed by atoms with Crippen LogP contribution in [-0.2, 0) is 11.8 Å². The van der Waals surface area contributed by atoms with E-state index in [1.165, 1.54) is 5.56 Å². The molecule has 6 heteroatoms. The van der Waals surface area contributed by atoms with Crippen molar-refractivity contribution in [2.24, 2.45) is 7.05 Å². The van der Waals surface area contributed by atoms with Gasteiger partial charge in [0.1, 0.15) is 5.60 Å². The summed E-state index contributed by atoms with van der Waals surface area (Å²) in [4.78, 5) is 11.7. The minimum absolute atomic E-state index is 0.203. The van der Waals surface area contributed by atoms with Crippen molar-refractivity contribution in [1.82, 2.24) is 20.4 Å². The van der Waals surface area contributed by atoms with Gasteiger partial charge in [-0.3, -0.25) is 4.68 Å². The number of hydrogen-bond acceptors (Lipinski definition) is 4. The molecule has 1 aromatic heterocycles. The molecule has 1 unspecified atom stereocenters. The molecule has 1 atom stereocenters. The Morgan fingerprint density at radius 2 is 2.05 bits per heavy atom. The average Bonchev–Trinajstić information content (AvgIpc) is 2.63. The molecular formula is C16H28N4O2. The zero-order valence-electron chi connectivity index (χ0n) is 14.4. The summed E-state index contributed by atoms with van der Waals surface area (Å²) in [6, 6.07) is 0.894. The number of aryl methyl sites for hydroxylation is 2. The number of rotatable bonds is 4. The van der Waals surface area contributed by atoms with E-state index in [0.29, 0.717) is 6.04 Å². The van der Waals surface area contributed by atoms with Crippen LogP contribution in [0.5, 0.6) is 0 Å². The summed E-state index contributed by atoms with van der Waals surface area (Å²) in [5.41, 5.74) is 1.84. The second-order valence-electron chi connectivity index (χ2n) is 7.24. The van der Waals surface area contributed by atoms with E-state index in [9.17, 15) is 4.79 Å². The zero-order chi connectivity index (χ0) is 16.5. The summed E-state index contributed by atoms with van der Waals surface area (Å²) in [5.74, 6) is 0. The van der Waals surface area contributed by atoms with E-state index in [0.717, 1.165) is 18.5 Å². The molecule has 2 N–H and O–H groups in total. The molecule has 2 rings (SSSR count). The van der Waals surface area contributed by atoms with Crippen LogP contribution in [0.15, 0.2) is 6.20 Å². The summed E-state index contributed by atoms with van der Waals surface area (Å²) >= 11 is 0. The van der Waals surface area contributed by atoms with Crippen molar-refractivity contribution < 1.29 is 9.53 Å². The molecule has 1 aliphatic rings. The third-order valence-corrected chi connectivity index (χ3v) is 3.86. The normalized spacial score (nSPS) is 22.8. The van der Waals surface area contributed by atoms with Crippen LogP contribution in [0.2, 0.25) is 0 Å². The highest BCUT2D eigenvalue weighted by atomic mass is 16.6. The number of aromatic nitrogens is 2. The van der Waals surface area contributed by atoms with Gasteiger partial charge in [0, 0.05) is 36.9 Å². The highest BCUT2D eigenvalue weighted by molar-refractivity contribution is 5.68. The number of carbonyl (C=O) groups is 1. The monoisotopic (exact) mass is 308 g/mol. The first kappa shape index (κ1) is 16.8. The van der Waals surface area contributed by atoms with Crippen LogP contribution in [0.25, 0.3) is 0 Å². The molecule has 0 spiro atoms. The predicted octanol–water partition coefficient (Wildman–Crippen LogP) is 2.43. The molecule has 0 bridgehead atoms. The van der Waals surface area contributed by atoms with E-state index in [1.807, 2.05) is 39.4 Å². The Labute approximate surface area is 132 Å². The molecule has 22 heavy (non-hydrogen) atoms. The molecule has 1 aromatic rings. The molecule has 0 saturated heterocycles. The molecule has 0 aliphatic heterocycles. The Hall–Kier alpha value is -1.56. The molecule has 0 aromatic carbocycles. The van der Waals surface area contributed by atoms with Gasteiger partial charge in [0.2, 0.25) is 0 Å². The van der Waals surface area contributed by atoms with E-state index < -0.39 is 5.60 Å². The van der Waals surface area contributed by atoms with Crippen LogP contribution >= 0.6 is 0 Å². The van der Waals surface area contributed by atoms with Gasteiger partial charge in [-0.15, -0.1) is 0 Å². The fourth-order valence-corrected chi connectivity index (χ4v) is 2.83. The van der Waals surface area contributed by atoms with E-state index in [2.05, 4.69) is 28.9 Å². The summed E-state index contributed by atoms with van der Waals surface area (Å²) in [6.45, 7) is 9.79. The summed E-state index contributed by atoms with van der Waals surface area (Å²) in [6.07, 6.45) is 3.60. The number of nitrogens with one attached hydrogen (secondary N) is 2. The molecule has 1 amide bonds. The molecule has 1 heterocycles. The second-order valence-corrected chi connectivity index (χ2v) is 7.24. The van der Waals surface area contributed by atoms with Gasteiger partial charge in [-0.1, -0.05) is 0 Å². The van der Waals surface area contributed by atoms with Crippen LogP contribution in [0, 0.1) is 6.92 Å². The highest BCUT2D eigenvalue weighted by Gasteiger charge is 2.32. The first-order valence-corrected chi connectivity index (χ1v) is 7.90. The maximum Gasteiger partial charge on any atom is 0.407 e. The van der Waals surface area contributed by atoms with E-state index >= 15 is 0 Å². The molecule has 1 saturated carbocycles. The lowest BCUT2D eigenvalue weighted by Crippen LogP contribution is -2.53. The Balaban J connectivity index is 1.73. The standard InChI is InChI=1S/C16H28N4O2/c1-10(14-9-20(6)19-11(14)2)17-12-7-13(8-12)18-15(21)22-16(3,4)5/h9-10,12-13,17H,7-8H2,1-6H3,(H,18,21). The van der Waals surface area contributed by atoms with Crippen molar-refractivity contribution >= 4 is 6.09 Å². The van der Waals surface area contributed by atoms with Crippen molar-refractivity contribution in [3.8, 4) is 0 Å². The summed E-state index contributed by atoms with van der Waals surface area (Å²) < 4.78 is 7.11. The topological polar surface area (TPSA) is 68.2 Å². The van der Waals surface area contributed by atoms with Gasteiger partial charge in [0.15, 0.2) is 0 Å². The zero-order valence-corrected chi connectivity index (χ0v) is 14.4. The minimum Gasteiger partial charge on any atom is -0.444 e. The average molecular weight is 308 g/mol. The third-order valence-electron chi connectivity index (χ3n) is 3.86. The van der Waals surface area contributed by atoms with Gasteiger partial charge in [-0.2, -0.15) is 5.10 Å². The Bertz CT molecular complexity index is 527. The highest BCUT2D eigenvalue weighted by Crippen LogP contribution is 2.25. The lowest BCUT2D eigenvalue weighted by atomic mass is 9.86. The van der Waals surface area contributed by atoms with Crippen LogP contribution in [0.3, 0.4) is 0 Å². The van der Waals surface area contributed by atoms with Crippen LogP contribution in [0.1, 0.15) is 57.8 Å². The SMILES string of the molecule is Cc1nn(C)cc1C(C)NC1CC(NC(=O)OC(C)(C)C)C1. The van der Waals surface area contributed by atoms with Crippen molar-refractivity contribution in [3.63, 3.8) is 0 Å². The van der Waals surface area contributed by atoms with Crippen molar-refractivity contribution in [1.29, 1.82) is 0 Å². The second kappa shape index (κ2) is 6.28. The van der Waals surface area contributed by atoms with Crippen LogP contribution < -0.4 is 10.6 Å². The Kier molecular flexibility index (Phi) is 4.80. The fourth-order valence-electron chi connectivity index (χ4n) is 2.83. The van der Waals surface area contributed by atoms with E-state index in [-0.39, 0.29) is 18.2 Å². The van der Waals surface area contributed by atoms with Crippen LogP contribution in [0.4, 0.5) is 4.79 Å². The van der Waals surface area contributed by atoms with Gasteiger partial charge in [-0.25, -0.2) is 4.79 Å². The maximum atomic E-state index is 11.7. The van der Waals surface area contributed by atoms with Gasteiger partial charge < -0.3 is 15.4 Å². The van der Waals surface area contributed by atoms with Crippen molar-refractivity contribution in [2.45, 2.75) is 71.2 Å². The van der Waals surface area contributed by atoms with Gasteiger partial charge in [-0.05, 0) is 47.5 Å². The smallest absolute Gasteiger partial charge is 0.407 e. The number of amides is 1. The van der Waals surface area contributed by atoms with E-state index in [4.69, 9.17) is 4.74 Å². The number of hydrogen-bond donors (Lipinski definition) is 2. The molecular weight excluding hydrogens is 280 g/mol. The number of carbonyl (C=O) groups excluding carboxylic acids is 1.